The van der Waals surface area contributed by atoms with Crippen molar-refractivity contribution < 1.29 is 23.1 Å². The van der Waals surface area contributed by atoms with Crippen LogP contribution in [0.15, 0.2) is 66.1 Å². The fraction of sp³-hybridized carbons (Fsp3) is 0.286. The quantitative estimate of drug-likeness (QED) is 0.620. The minimum Gasteiger partial charge on any atom is -0.483 e. The van der Waals surface area contributed by atoms with Gasteiger partial charge in [-0.2, -0.15) is 0 Å². The Morgan fingerprint density at radius 3 is 2.43 bits per heavy atom. The van der Waals surface area contributed by atoms with Gasteiger partial charge in [-0.15, -0.1) is 0 Å². The van der Waals surface area contributed by atoms with Crippen molar-refractivity contribution >= 4 is 16.3 Å². The zero-order valence-corrected chi connectivity index (χ0v) is 17.3. The SMILES string of the molecule is CS(=O)(=O)c1ccc(-c2nccn2[C@@H]2COC[C@@H]2Cc2ccncc2)cc1.O=CO. The van der Waals surface area contributed by atoms with Crippen LogP contribution in [-0.2, 0) is 25.8 Å². The van der Waals surface area contributed by atoms with Crippen molar-refractivity contribution in [1.29, 1.82) is 0 Å². The monoisotopic (exact) mass is 429 g/mol. The number of carboxylic acid groups (broad SMARTS) is 1. The van der Waals surface area contributed by atoms with Crippen LogP contribution in [0.4, 0.5) is 0 Å². The first-order valence-corrected chi connectivity index (χ1v) is 11.2. The average Bonchev–Trinajstić information content (AvgIpc) is 3.38. The van der Waals surface area contributed by atoms with Crippen molar-refractivity contribution in [3.05, 3.63) is 66.7 Å². The van der Waals surface area contributed by atoms with Gasteiger partial charge in [-0.25, -0.2) is 13.4 Å². The third-order valence-electron chi connectivity index (χ3n) is 4.98. The summed E-state index contributed by atoms with van der Waals surface area (Å²) < 4.78 is 31.3. The molecule has 0 spiro atoms. The summed E-state index contributed by atoms with van der Waals surface area (Å²) in [5.74, 6) is 1.17. The highest BCUT2D eigenvalue weighted by Crippen LogP contribution is 2.32. The topological polar surface area (TPSA) is 111 Å². The van der Waals surface area contributed by atoms with Crippen LogP contribution in [0.3, 0.4) is 0 Å². The zero-order valence-electron chi connectivity index (χ0n) is 16.5. The normalized spacial score (nSPS) is 18.4. The van der Waals surface area contributed by atoms with Gasteiger partial charge in [-0.3, -0.25) is 9.78 Å². The van der Waals surface area contributed by atoms with Gasteiger partial charge in [0.2, 0.25) is 0 Å². The van der Waals surface area contributed by atoms with Crippen molar-refractivity contribution in [3.8, 4) is 11.4 Å². The van der Waals surface area contributed by atoms with Crippen LogP contribution in [0, 0.1) is 5.92 Å². The average molecular weight is 429 g/mol. The van der Waals surface area contributed by atoms with Crippen molar-refractivity contribution in [2.45, 2.75) is 17.4 Å². The Bertz CT molecular complexity index is 1070. The molecule has 2 atom stereocenters. The fourth-order valence-corrected chi connectivity index (χ4v) is 4.20. The largest absolute Gasteiger partial charge is 0.483 e. The molecular formula is C21H23N3O5S. The number of hydrogen-bond acceptors (Lipinski definition) is 6. The van der Waals surface area contributed by atoms with E-state index in [9.17, 15) is 8.42 Å². The smallest absolute Gasteiger partial charge is 0.290 e. The van der Waals surface area contributed by atoms with Gasteiger partial charge in [0.15, 0.2) is 9.84 Å². The lowest BCUT2D eigenvalue weighted by Gasteiger charge is -2.21. The standard InChI is InChI=1S/C20H21N3O3S.CH2O2/c1-27(24,25)18-4-2-16(3-5-18)20-22-10-11-23(20)19-14-26-13-17(19)12-15-6-8-21-9-7-15;2-1-3/h2-11,17,19H,12-14H2,1H3;1H,(H,2,3)/t17-,19+;/m0./s1. The highest BCUT2D eigenvalue weighted by Gasteiger charge is 2.31. The molecule has 30 heavy (non-hydrogen) atoms. The van der Waals surface area contributed by atoms with E-state index in [0.29, 0.717) is 24.0 Å². The van der Waals surface area contributed by atoms with E-state index in [4.69, 9.17) is 14.6 Å². The van der Waals surface area contributed by atoms with Crippen LogP contribution in [0.25, 0.3) is 11.4 Å². The number of ether oxygens (including phenoxy) is 1. The molecule has 8 nitrogen and oxygen atoms in total. The molecule has 2 aromatic heterocycles. The molecule has 0 aliphatic carbocycles. The van der Waals surface area contributed by atoms with Gasteiger partial charge >= 0.3 is 0 Å². The maximum atomic E-state index is 11.7. The molecule has 1 aromatic carbocycles. The Morgan fingerprint density at radius 1 is 1.13 bits per heavy atom. The Labute approximate surface area is 175 Å². The second-order valence-corrected chi connectivity index (χ2v) is 9.00. The van der Waals surface area contributed by atoms with Crippen molar-refractivity contribution in [2.75, 3.05) is 19.5 Å². The lowest BCUT2D eigenvalue weighted by atomic mass is 9.95. The predicted molar refractivity (Wildman–Crippen MR) is 111 cm³/mol. The fourth-order valence-electron chi connectivity index (χ4n) is 3.57. The van der Waals surface area contributed by atoms with Gasteiger partial charge in [-0.05, 0) is 48.4 Å². The number of benzene rings is 1. The number of imidazole rings is 1. The minimum atomic E-state index is -3.21. The summed E-state index contributed by atoms with van der Waals surface area (Å²) in [7, 11) is -3.21. The summed E-state index contributed by atoms with van der Waals surface area (Å²) in [4.78, 5) is 17.3. The van der Waals surface area contributed by atoms with Gasteiger partial charge in [0.25, 0.3) is 6.47 Å². The molecule has 0 bridgehead atoms. The van der Waals surface area contributed by atoms with Gasteiger partial charge in [0.05, 0.1) is 24.2 Å². The number of rotatable bonds is 5. The van der Waals surface area contributed by atoms with Crippen molar-refractivity contribution in [3.63, 3.8) is 0 Å². The second kappa shape index (κ2) is 9.64. The van der Waals surface area contributed by atoms with Crippen LogP contribution < -0.4 is 0 Å². The summed E-state index contributed by atoms with van der Waals surface area (Å²) in [5.41, 5.74) is 2.13. The Morgan fingerprint density at radius 2 is 1.80 bits per heavy atom. The zero-order chi connectivity index (χ0) is 21.6. The van der Waals surface area contributed by atoms with Crippen molar-refractivity contribution in [1.82, 2.24) is 14.5 Å². The molecule has 4 rings (SSSR count). The van der Waals surface area contributed by atoms with Crippen LogP contribution in [0.5, 0.6) is 0 Å². The molecule has 158 valence electrons. The van der Waals surface area contributed by atoms with Gasteiger partial charge in [0, 0.05) is 42.5 Å². The number of sulfone groups is 1. The third kappa shape index (κ3) is 5.11. The molecule has 1 N–H and O–H groups in total. The lowest BCUT2D eigenvalue weighted by molar-refractivity contribution is -0.122. The van der Waals surface area contributed by atoms with Crippen LogP contribution in [-0.4, -0.2) is 54.0 Å². The molecule has 3 aromatic rings. The van der Waals surface area contributed by atoms with Crippen molar-refractivity contribution in [2.24, 2.45) is 5.92 Å². The minimum absolute atomic E-state index is 0.185. The molecule has 1 fully saturated rings. The number of carbonyl (C=O) groups is 1. The third-order valence-corrected chi connectivity index (χ3v) is 6.11. The molecule has 0 saturated carbocycles. The van der Waals surface area contributed by atoms with Gasteiger partial charge in [0.1, 0.15) is 5.82 Å². The molecule has 9 heteroatoms. The van der Waals surface area contributed by atoms with E-state index in [-0.39, 0.29) is 12.5 Å². The van der Waals surface area contributed by atoms with E-state index in [1.54, 1.807) is 18.3 Å². The summed E-state index contributed by atoms with van der Waals surface area (Å²) in [6.45, 7) is 1.10. The van der Waals surface area contributed by atoms with E-state index in [1.165, 1.54) is 11.8 Å². The molecule has 3 heterocycles. The highest BCUT2D eigenvalue weighted by molar-refractivity contribution is 7.90. The first-order valence-electron chi connectivity index (χ1n) is 9.32. The summed E-state index contributed by atoms with van der Waals surface area (Å²) >= 11 is 0. The first kappa shape index (κ1) is 21.7. The maximum Gasteiger partial charge on any atom is 0.290 e. The Kier molecular flexibility index (Phi) is 6.96. The maximum absolute atomic E-state index is 11.7. The van der Waals surface area contributed by atoms with E-state index in [0.717, 1.165) is 17.8 Å². The lowest BCUT2D eigenvalue weighted by Crippen LogP contribution is -2.20. The Hall–Kier alpha value is -3.04. The van der Waals surface area contributed by atoms with Gasteiger partial charge < -0.3 is 14.4 Å². The first-order chi connectivity index (χ1) is 14.4. The van der Waals surface area contributed by atoms with Crippen LogP contribution >= 0.6 is 0 Å². The van der Waals surface area contributed by atoms with Gasteiger partial charge in [-0.1, -0.05) is 0 Å². The molecule has 0 unspecified atom stereocenters. The molecular weight excluding hydrogens is 406 g/mol. The predicted octanol–water partition coefficient (Wildman–Crippen LogP) is 2.48. The van der Waals surface area contributed by atoms with Crippen LogP contribution in [0.1, 0.15) is 11.6 Å². The van der Waals surface area contributed by atoms with E-state index in [1.807, 2.05) is 42.9 Å². The molecule has 1 aliphatic rings. The van der Waals surface area contributed by atoms with Crippen LogP contribution in [0.2, 0.25) is 0 Å². The molecule has 1 aliphatic heterocycles. The second-order valence-electron chi connectivity index (χ2n) is 6.98. The summed E-state index contributed by atoms with van der Waals surface area (Å²) in [6.07, 6.45) is 9.50. The molecule has 0 radical (unpaired) electrons. The van der Waals surface area contributed by atoms with E-state index in [2.05, 4.69) is 14.5 Å². The number of hydrogen-bond donors (Lipinski definition) is 1. The highest BCUT2D eigenvalue weighted by atomic mass is 32.2. The summed E-state index contributed by atoms with van der Waals surface area (Å²) in [5, 5.41) is 6.89. The number of aromatic nitrogens is 3. The molecule has 1 saturated heterocycles. The molecule has 0 amide bonds. The number of pyridine rings is 1. The van der Waals surface area contributed by atoms with E-state index >= 15 is 0 Å². The van der Waals surface area contributed by atoms with E-state index < -0.39 is 9.84 Å². The summed E-state index contributed by atoms with van der Waals surface area (Å²) in [6, 6.07) is 11.1. The number of nitrogens with zero attached hydrogens (tertiary/aromatic N) is 3. The Balaban J connectivity index is 0.000000806.